The van der Waals surface area contributed by atoms with Crippen molar-refractivity contribution in [1.29, 1.82) is 0 Å². The van der Waals surface area contributed by atoms with Crippen LogP contribution in [0.25, 0.3) is 11.0 Å². The molecular weight excluding hydrogens is 292 g/mol. The number of rotatable bonds is 2. The van der Waals surface area contributed by atoms with Gasteiger partial charge in [-0.05, 0) is 32.9 Å². The highest BCUT2D eigenvalue weighted by Crippen LogP contribution is 2.15. The number of aromatic nitrogens is 2. The summed E-state index contributed by atoms with van der Waals surface area (Å²) in [5, 5.41) is 3.47. The van der Waals surface area contributed by atoms with Gasteiger partial charge < -0.3 is 19.5 Å². The Kier molecular flexibility index (Phi) is 4.26. The van der Waals surface area contributed by atoms with E-state index >= 15 is 0 Å². The van der Waals surface area contributed by atoms with Crippen molar-refractivity contribution in [1.82, 2.24) is 19.8 Å². The molecule has 6 nitrogen and oxygen atoms in total. The molecule has 1 fully saturated rings. The van der Waals surface area contributed by atoms with Crippen LogP contribution in [0.15, 0.2) is 30.6 Å². The lowest BCUT2D eigenvalue weighted by Crippen LogP contribution is -2.54. The summed E-state index contributed by atoms with van der Waals surface area (Å²) in [4.78, 5) is 18.4. The monoisotopic (exact) mass is 316 g/mol. The van der Waals surface area contributed by atoms with Gasteiger partial charge in [-0.15, -0.1) is 0 Å². The summed E-state index contributed by atoms with van der Waals surface area (Å²) in [5.74, 6) is 0. The highest BCUT2D eigenvalue weighted by atomic mass is 16.6. The van der Waals surface area contributed by atoms with Gasteiger partial charge in [-0.25, -0.2) is 9.78 Å². The number of amides is 1. The Morgan fingerprint density at radius 1 is 1.39 bits per heavy atom. The zero-order valence-electron chi connectivity index (χ0n) is 14.0. The minimum absolute atomic E-state index is 0.189. The molecule has 0 bridgehead atoms. The Morgan fingerprint density at radius 2 is 2.17 bits per heavy atom. The Bertz CT molecular complexity index is 689. The molecule has 2 aromatic rings. The van der Waals surface area contributed by atoms with Crippen LogP contribution in [-0.4, -0.2) is 51.8 Å². The number of para-hydroxylation sites is 2. The molecule has 0 aliphatic carbocycles. The molecule has 0 radical (unpaired) electrons. The lowest BCUT2D eigenvalue weighted by molar-refractivity contribution is 0.0190. The molecule has 1 N–H and O–H groups in total. The van der Waals surface area contributed by atoms with E-state index in [1.165, 1.54) is 0 Å². The molecule has 2 heterocycles. The molecule has 3 rings (SSSR count). The van der Waals surface area contributed by atoms with Crippen molar-refractivity contribution in [2.75, 3.05) is 19.6 Å². The van der Waals surface area contributed by atoms with Gasteiger partial charge in [0.05, 0.1) is 17.4 Å². The summed E-state index contributed by atoms with van der Waals surface area (Å²) in [6, 6.07) is 8.27. The first-order valence-corrected chi connectivity index (χ1v) is 8.03. The lowest BCUT2D eigenvalue weighted by atomic mass is 10.2. The highest BCUT2D eigenvalue weighted by Gasteiger charge is 2.27. The van der Waals surface area contributed by atoms with E-state index < -0.39 is 5.60 Å². The van der Waals surface area contributed by atoms with Crippen LogP contribution in [0.4, 0.5) is 4.79 Å². The van der Waals surface area contributed by atoms with Crippen LogP contribution >= 0.6 is 0 Å². The summed E-state index contributed by atoms with van der Waals surface area (Å²) in [6.07, 6.45) is 1.62. The molecule has 1 aromatic carbocycles. The fourth-order valence-corrected chi connectivity index (χ4v) is 2.83. The molecule has 23 heavy (non-hydrogen) atoms. The average Bonchev–Trinajstić information content (AvgIpc) is 2.89. The summed E-state index contributed by atoms with van der Waals surface area (Å²) >= 11 is 0. The van der Waals surface area contributed by atoms with Gasteiger partial charge >= 0.3 is 6.09 Å². The maximum absolute atomic E-state index is 12.2. The number of ether oxygens (including phenoxy) is 1. The zero-order valence-corrected chi connectivity index (χ0v) is 14.0. The molecule has 0 spiro atoms. The van der Waals surface area contributed by atoms with Gasteiger partial charge in [-0.2, -0.15) is 0 Å². The molecule has 1 aromatic heterocycles. The van der Waals surface area contributed by atoms with E-state index in [2.05, 4.69) is 20.9 Å². The van der Waals surface area contributed by atoms with Crippen LogP contribution in [0.3, 0.4) is 0 Å². The van der Waals surface area contributed by atoms with Crippen LogP contribution in [0.1, 0.15) is 20.8 Å². The molecule has 1 aliphatic heterocycles. The Hall–Kier alpha value is -2.08. The van der Waals surface area contributed by atoms with E-state index in [0.29, 0.717) is 13.1 Å². The topological polar surface area (TPSA) is 59.4 Å². The van der Waals surface area contributed by atoms with E-state index in [1.807, 2.05) is 45.3 Å². The smallest absolute Gasteiger partial charge is 0.410 e. The number of hydrogen-bond donors (Lipinski definition) is 1. The van der Waals surface area contributed by atoms with Crippen LogP contribution in [0.5, 0.6) is 0 Å². The Balaban J connectivity index is 1.66. The van der Waals surface area contributed by atoms with Gasteiger partial charge in [-0.3, -0.25) is 0 Å². The number of nitrogens with one attached hydrogen (secondary N) is 1. The number of carbonyl (C=O) groups is 1. The van der Waals surface area contributed by atoms with Gasteiger partial charge in [0.1, 0.15) is 5.60 Å². The quantitative estimate of drug-likeness (QED) is 0.923. The highest BCUT2D eigenvalue weighted by molar-refractivity contribution is 5.75. The molecule has 0 unspecified atom stereocenters. The first-order valence-electron chi connectivity index (χ1n) is 8.03. The third-order valence-electron chi connectivity index (χ3n) is 3.85. The van der Waals surface area contributed by atoms with Gasteiger partial charge in [-0.1, -0.05) is 12.1 Å². The first-order chi connectivity index (χ1) is 10.9. The van der Waals surface area contributed by atoms with Crippen LogP contribution in [0, 0.1) is 0 Å². The standard InChI is InChI=1S/C17H24N4O2/c1-17(2,3)23-16(22)20-9-8-18-13(10-20)11-21-12-19-14-6-4-5-7-15(14)21/h4-7,12-13,18H,8-11H2,1-3H3/t13-/m0/s1. The fourth-order valence-electron chi connectivity index (χ4n) is 2.83. The number of carbonyl (C=O) groups excluding carboxylic acids is 1. The van der Waals surface area contributed by atoms with E-state index in [4.69, 9.17) is 4.74 Å². The van der Waals surface area contributed by atoms with Crippen molar-refractivity contribution in [3.05, 3.63) is 30.6 Å². The lowest BCUT2D eigenvalue weighted by Gasteiger charge is -2.35. The number of nitrogens with zero attached hydrogens (tertiary/aromatic N) is 3. The summed E-state index contributed by atoms with van der Waals surface area (Å²) < 4.78 is 7.60. The number of imidazole rings is 1. The van der Waals surface area contributed by atoms with Crippen LogP contribution in [-0.2, 0) is 11.3 Å². The molecule has 6 heteroatoms. The average molecular weight is 316 g/mol. The predicted octanol–water partition coefficient (Wildman–Crippen LogP) is 2.25. The van der Waals surface area contributed by atoms with E-state index in [-0.39, 0.29) is 12.1 Å². The molecule has 1 amide bonds. The SMILES string of the molecule is CC(C)(C)OC(=O)N1CCN[C@H](Cn2cnc3ccccc32)C1. The number of piperazine rings is 1. The molecule has 1 saturated heterocycles. The maximum atomic E-state index is 12.2. The number of benzene rings is 1. The molecule has 1 aliphatic rings. The Morgan fingerprint density at radius 3 is 2.96 bits per heavy atom. The molecule has 124 valence electrons. The summed E-state index contributed by atoms with van der Waals surface area (Å²) in [6.45, 7) is 8.54. The molecule has 0 saturated carbocycles. The van der Waals surface area contributed by atoms with Crippen molar-refractivity contribution < 1.29 is 9.53 Å². The maximum Gasteiger partial charge on any atom is 0.410 e. The number of fused-ring (bicyclic) bond motifs is 1. The van der Waals surface area contributed by atoms with Crippen LogP contribution < -0.4 is 5.32 Å². The van der Waals surface area contributed by atoms with E-state index in [1.54, 1.807) is 4.90 Å². The van der Waals surface area contributed by atoms with Crippen molar-refractivity contribution in [2.24, 2.45) is 0 Å². The first kappa shape index (κ1) is 15.8. The van der Waals surface area contributed by atoms with Crippen molar-refractivity contribution in [3.63, 3.8) is 0 Å². The van der Waals surface area contributed by atoms with Crippen LogP contribution in [0.2, 0.25) is 0 Å². The van der Waals surface area contributed by atoms with Gasteiger partial charge in [0, 0.05) is 32.2 Å². The second kappa shape index (κ2) is 6.20. The molecule has 1 atom stereocenters. The third-order valence-corrected chi connectivity index (χ3v) is 3.85. The number of hydrogen-bond acceptors (Lipinski definition) is 4. The summed E-state index contributed by atoms with van der Waals surface area (Å²) in [7, 11) is 0. The minimum atomic E-state index is -0.460. The van der Waals surface area contributed by atoms with Crippen molar-refractivity contribution in [3.8, 4) is 0 Å². The Labute approximate surface area is 136 Å². The second-order valence-corrected chi connectivity index (χ2v) is 6.96. The second-order valence-electron chi connectivity index (χ2n) is 6.96. The van der Waals surface area contributed by atoms with Gasteiger partial charge in [0.2, 0.25) is 0 Å². The fraction of sp³-hybridized carbons (Fsp3) is 0.529. The largest absolute Gasteiger partial charge is 0.444 e. The van der Waals surface area contributed by atoms with Crippen molar-refractivity contribution in [2.45, 2.75) is 39.0 Å². The van der Waals surface area contributed by atoms with Gasteiger partial charge in [0.15, 0.2) is 0 Å². The van der Waals surface area contributed by atoms with E-state index in [9.17, 15) is 4.79 Å². The zero-order chi connectivity index (χ0) is 16.4. The molecular formula is C17H24N4O2. The third kappa shape index (κ3) is 3.82. The normalized spacial score (nSPS) is 19.1. The minimum Gasteiger partial charge on any atom is -0.444 e. The predicted molar refractivity (Wildman–Crippen MR) is 89.3 cm³/mol. The van der Waals surface area contributed by atoms with Gasteiger partial charge in [0.25, 0.3) is 0 Å². The van der Waals surface area contributed by atoms with E-state index in [0.717, 1.165) is 24.1 Å². The summed E-state index contributed by atoms with van der Waals surface area (Å²) in [5.41, 5.74) is 1.65. The van der Waals surface area contributed by atoms with Crippen molar-refractivity contribution >= 4 is 17.1 Å².